The zero-order chi connectivity index (χ0) is 12.1. The Balaban J connectivity index is 2.15. The quantitative estimate of drug-likeness (QED) is 0.862. The minimum absolute atomic E-state index is 0.687. The molecule has 1 heterocycles. The van der Waals surface area contributed by atoms with Gasteiger partial charge in [0, 0.05) is 0 Å². The van der Waals surface area contributed by atoms with Crippen LogP contribution in [0, 0.1) is 5.92 Å². The normalized spacial score (nSPS) is 18.9. The van der Waals surface area contributed by atoms with Crippen LogP contribution < -0.4 is 10.1 Å². The second kappa shape index (κ2) is 6.06. The molecule has 0 saturated carbocycles. The first kappa shape index (κ1) is 12.4. The van der Waals surface area contributed by atoms with Crippen LogP contribution in [0.3, 0.4) is 0 Å². The molecule has 0 aliphatic carbocycles. The molecular weight excluding hydrogens is 210 g/mol. The first-order chi connectivity index (χ1) is 8.35. The molecule has 0 bridgehead atoms. The molecule has 0 spiro atoms. The summed E-state index contributed by atoms with van der Waals surface area (Å²) in [5.74, 6) is 2.50. The number of benzene rings is 1. The summed E-state index contributed by atoms with van der Waals surface area (Å²) < 4.78 is 5.32. The molecule has 1 N–H and O–H groups in total. The van der Waals surface area contributed by atoms with Gasteiger partial charge >= 0.3 is 0 Å². The van der Waals surface area contributed by atoms with E-state index in [1.54, 1.807) is 7.11 Å². The van der Waals surface area contributed by atoms with E-state index in [1.165, 1.54) is 37.9 Å². The van der Waals surface area contributed by atoms with Gasteiger partial charge in [0.15, 0.2) is 0 Å². The van der Waals surface area contributed by atoms with Gasteiger partial charge in [-0.25, -0.2) is 0 Å². The Kier molecular flexibility index (Phi) is 4.43. The van der Waals surface area contributed by atoms with E-state index < -0.39 is 0 Å². The zero-order valence-corrected chi connectivity index (χ0v) is 10.9. The summed E-state index contributed by atoms with van der Waals surface area (Å²) >= 11 is 0. The van der Waals surface area contributed by atoms with Gasteiger partial charge in [-0.15, -0.1) is 0 Å². The van der Waals surface area contributed by atoms with E-state index in [-0.39, 0.29) is 0 Å². The number of rotatable bonds is 4. The summed E-state index contributed by atoms with van der Waals surface area (Å²) in [7, 11) is 1.74. The minimum atomic E-state index is 0.687. The molecule has 2 rings (SSSR count). The molecule has 1 saturated heterocycles. The van der Waals surface area contributed by atoms with Crippen molar-refractivity contribution in [3.8, 4) is 5.75 Å². The van der Waals surface area contributed by atoms with E-state index in [1.807, 2.05) is 6.07 Å². The van der Waals surface area contributed by atoms with Gasteiger partial charge in [0.1, 0.15) is 5.75 Å². The third-order valence-corrected chi connectivity index (χ3v) is 3.91. The summed E-state index contributed by atoms with van der Waals surface area (Å²) in [5, 5.41) is 3.44. The zero-order valence-electron chi connectivity index (χ0n) is 10.9. The Hall–Kier alpha value is -1.02. The fraction of sp³-hybridized carbons (Fsp3) is 0.600. The topological polar surface area (TPSA) is 21.3 Å². The lowest BCUT2D eigenvalue weighted by Crippen LogP contribution is -2.30. The van der Waals surface area contributed by atoms with E-state index in [9.17, 15) is 0 Å². The van der Waals surface area contributed by atoms with Crippen molar-refractivity contribution in [1.29, 1.82) is 0 Å². The maximum absolute atomic E-state index is 5.32. The number of nitrogens with one attached hydrogen (secondary N) is 1. The van der Waals surface area contributed by atoms with Crippen molar-refractivity contribution in [3.05, 3.63) is 29.8 Å². The molecule has 2 nitrogen and oxygen atoms in total. The lowest BCUT2D eigenvalue weighted by Gasteiger charge is -2.30. The third-order valence-electron chi connectivity index (χ3n) is 3.91. The Morgan fingerprint density at radius 1 is 1.35 bits per heavy atom. The van der Waals surface area contributed by atoms with Crippen LogP contribution in [0.1, 0.15) is 37.7 Å². The van der Waals surface area contributed by atoms with Crippen LogP contribution >= 0.6 is 0 Å². The van der Waals surface area contributed by atoms with Gasteiger partial charge in [-0.2, -0.15) is 0 Å². The van der Waals surface area contributed by atoms with Crippen LogP contribution in [0.2, 0.25) is 0 Å². The third kappa shape index (κ3) is 3.01. The second-order valence-corrected chi connectivity index (χ2v) is 4.88. The van der Waals surface area contributed by atoms with Crippen molar-refractivity contribution in [2.24, 2.45) is 5.92 Å². The highest BCUT2D eigenvalue weighted by Crippen LogP contribution is 2.34. The fourth-order valence-corrected chi connectivity index (χ4v) is 2.96. The number of ether oxygens (including phenoxy) is 1. The van der Waals surface area contributed by atoms with Crippen LogP contribution in [-0.4, -0.2) is 20.2 Å². The number of hydrogen-bond acceptors (Lipinski definition) is 2. The molecule has 0 radical (unpaired) electrons. The van der Waals surface area contributed by atoms with Gasteiger partial charge in [-0.1, -0.05) is 19.1 Å². The molecule has 0 amide bonds. The number of piperidine rings is 1. The van der Waals surface area contributed by atoms with Crippen molar-refractivity contribution in [2.45, 2.75) is 32.1 Å². The molecule has 1 atom stereocenters. The molecule has 94 valence electrons. The van der Waals surface area contributed by atoms with Gasteiger partial charge in [-0.3, -0.25) is 0 Å². The van der Waals surface area contributed by atoms with Crippen molar-refractivity contribution >= 4 is 0 Å². The SMILES string of the molecule is CCC(c1cccc(OC)c1)C1CCNCC1. The van der Waals surface area contributed by atoms with Crippen LogP contribution in [0.4, 0.5) is 0 Å². The second-order valence-electron chi connectivity index (χ2n) is 4.88. The lowest BCUT2D eigenvalue weighted by atomic mass is 9.79. The van der Waals surface area contributed by atoms with E-state index in [4.69, 9.17) is 4.74 Å². The van der Waals surface area contributed by atoms with Gasteiger partial charge in [0.25, 0.3) is 0 Å². The molecule has 17 heavy (non-hydrogen) atoms. The molecule has 1 aliphatic rings. The average Bonchev–Trinajstić information content (AvgIpc) is 2.41. The van der Waals surface area contributed by atoms with Gasteiger partial charge in [0.05, 0.1) is 7.11 Å². The van der Waals surface area contributed by atoms with Crippen molar-refractivity contribution in [3.63, 3.8) is 0 Å². The highest BCUT2D eigenvalue weighted by Gasteiger charge is 2.23. The predicted molar refractivity (Wildman–Crippen MR) is 71.6 cm³/mol. The lowest BCUT2D eigenvalue weighted by molar-refractivity contribution is 0.311. The number of methoxy groups -OCH3 is 1. The maximum Gasteiger partial charge on any atom is 0.119 e. The molecule has 1 unspecified atom stereocenters. The summed E-state index contributed by atoms with van der Waals surface area (Å²) in [4.78, 5) is 0. The van der Waals surface area contributed by atoms with Crippen molar-refractivity contribution < 1.29 is 4.74 Å². The monoisotopic (exact) mass is 233 g/mol. The summed E-state index contributed by atoms with van der Waals surface area (Å²) in [5.41, 5.74) is 1.44. The van der Waals surface area contributed by atoms with Crippen LogP contribution in [0.15, 0.2) is 24.3 Å². The Bertz CT molecular complexity index is 345. The Morgan fingerprint density at radius 3 is 2.76 bits per heavy atom. The van der Waals surface area contributed by atoms with E-state index in [0.717, 1.165) is 11.7 Å². The fourth-order valence-electron chi connectivity index (χ4n) is 2.96. The Labute approximate surface area is 104 Å². The predicted octanol–water partition coefficient (Wildman–Crippen LogP) is 3.19. The molecule has 1 aliphatic heterocycles. The molecule has 1 aromatic rings. The Morgan fingerprint density at radius 2 is 2.12 bits per heavy atom. The molecule has 1 fully saturated rings. The molecule has 1 aromatic carbocycles. The minimum Gasteiger partial charge on any atom is -0.497 e. The average molecular weight is 233 g/mol. The smallest absolute Gasteiger partial charge is 0.119 e. The maximum atomic E-state index is 5.32. The largest absolute Gasteiger partial charge is 0.497 e. The molecule has 2 heteroatoms. The first-order valence-corrected chi connectivity index (χ1v) is 6.69. The van der Waals surface area contributed by atoms with Gasteiger partial charge in [-0.05, 0) is 61.9 Å². The summed E-state index contributed by atoms with van der Waals surface area (Å²) in [6.45, 7) is 4.64. The van der Waals surface area contributed by atoms with Crippen molar-refractivity contribution in [2.75, 3.05) is 20.2 Å². The van der Waals surface area contributed by atoms with Crippen LogP contribution in [0.25, 0.3) is 0 Å². The van der Waals surface area contributed by atoms with Crippen molar-refractivity contribution in [1.82, 2.24) is 5.32 Å². The highest BCUT2D eigenvalue weighted by atomic mass is 16.5. The summed E-state index contributed by atoms with van der Waals surface area (Å²) in [6.07, 6.45) is 3.82. The van der Waals surface area contributed by atoms with Gasteiger partial charge < -0.3 is 10.1 Å². The molecule has 0 aromatic heterocycles. The van der Waals surface area contributed by atoms with Gasteiger partial charge in [0.2, 0.25) is 0 Å². The standard InChI is InChI=1S/C15H23NO/c1-3-15(12-7-9-16-10-8-12)13-5-4-6-14(11-13)17-2/h4-6,11-12,15-16H,3,7-10H2,1-2H3. The van der Waals surface area contributed by atoms with E-state index in [0.29, 0.717) is 5.92 Å². The van der Waals surface area contributed by atoms with Crippen LogP contribution in [0.5, 0.6) is 5.75 Å². The van der Waals surface area contributed by atoms with E-state index >= 15 is 0 Å². The van der Waals surface area contributed by atoms with Crippen LogP contribution in [-0.2, 0) is 0 Å². The number of hydrogen-bond donors (Lipinski definition) is 1. The first-order valence-electron chi connectivity index (χ1n) is 6.69. The highest BCUT2D eigenvalue weighted by molar-refractivity contribution is 5.31. The summed E-state index contributed by atoms with van der Waals surface area (Å²) in [6, 6.07) is 8.59. The molecular formula is C15H23NO. The van der Waals surface area contributed by atoms with E-state index in [2.05, 4.69) is 30.4 Å².